The first-order valence-electron chi connectivity index (χ1n) is 9.95. The molecule has 4 rings (SSSR count). The van der Waals surface area contributed by atoms with Gasteiger partial charge in [-0.2, -0.15) is 5.26 Å². The molecule has 2 heterocycles. The molecular weight excluding hydrogens is 382 g/mol. The number of carbonyl (C=O) groups is 1. The Morgan fingerprint density at radius 2 is 2.03 bits per heavy atom. The SMILES string of the molecule is CCCNC(=O)C1(c2nc3c(OC)ccc(-c4ccc(OCC#N)cc4)n3n2)CC1. The predicted octanol–water partition coefficient (Wildman–Crippen LogP) is 2.87. The fourth-order valence-corrected chi connectivity index (χ4v) is 3.44. The van der Waals surface area contributed by atoms with Crippen molar-refractivity contribution in [2.24, 2.45) is 0 Å². The first-order chi connectivity index (χ1) is 14.6. The lowest BCUT2D eigenvalue weighted by atomic mass is 10.1. The van der Waals surface area contributed by atoms with E-state index in [2.05, 4.69) is 5.32 Å². The quantitative estimate of drug-likeness (QED) is 0.618. The van der Waals surface area contributed by atoms with E-state index < -0.39 is 5.41 Å². The van der Waals surface area contributed by atoms with Crippen LogP contribution in [-0.4, -0.2) is 40.8 Å². The number of aromatic nitrogens is 3. The van der Waals surface area contributed by atoms with Gasteiger partial charge in [-0.1, -0.05) is 6.92 Å². The molecule has 0 radical (unpaired) electrons. The molecule has 8 nitrogen and oxygen atoms in total. The summed E-state index contributed by atoms with van der Waals surface area (Å²) in [6, 6.07) is 13.1. The number of methoxy groups -OCH3 is 1. The third kappa shape index (κ3) is 3.43. The van der Waals surface area contributed by atoms with Gasteiger partial charge in [0.15, 0.2) is 23.8 Å². The number of hydrogen-bond acceptors (Lipinski definition) is 6. The van der Waals surface area contributed by atoms with E-state index >= 15 is 0 Å². The largest absolute Gasteiger partial charge is 0.493 e. The number of fused-ring (bicyclic) bond motifs is 1. The number of rotatable bonds is 8. The van der Waals surface area contributed by atoms with Crippen molar-refractivity contribution in [3.63, 3.8) is 0 Å². The van der Waals surface area contributed by atoms with Gasteiger partial charge in [0.2, 0.25) is 5.91 Å². The van der Waals surface area contributed by atoms with Crippen molar-refractivity contribution >= 4 is 11.6 Å². The Labute approximate surface area is 174 Å². The third-order valence-corrected chi connectivity index (χ3v) is 5.27. The summed E-state index contributed by atoms with van der Waals surface area (Å²) < 4.78 is 12.5. The van der Waals surface area contributed by atoms with E-state index in [0.29, 0.717) is 29.5 Å². The Kier molecular flexibility index (Phi) is 5.27. The molecule has 0 unspecified atom stereocenters. The smallest absolute Gasteiger partial charge is 0.233 e. The standard InChI is InChI=1S/C22H23N5O3/c1-3-13-24-21(28)22(10-11-22)20-25-19-18(29-2)9-8-17(27(19)26-20)15-4-6-16(7-5-15)30-14-12-23/h4-9H,3,10-11,13-14H2,1-2H3,(H,24,28). The second kappa shape index (κ2) is 8.03. The Bertz CT molecular complexity index is 1110. The van der Waals surface area contributed by atoms with Crippen LogP contribution in [0.25, 0.3) is 16.9 Å². The molecule has 0 saturated heterocycles. The van der Waals surface area contributed by atoms with Crippen LogP contribution in [0.1, 0.15) is 32.0 Å². The van der Waals surface area contributed by atoms with E-state index in [1.54, 1.807) is 23.8 Å². The summed E-state index contributed by atoms with van der Waals surface area (Å²) in [6.07, 6.45) is 2.36. The summed E-state index contributed by atoms with van der Waals surface area (Å²) in [5.74, 6) is 1.72. The van der Waals surface area contributed by atoms with Crippen molar-refractivity contribution in [3.8, 4) is 28.8 Å². The average molecular weight is 405 g/mol. The molecule has 1 aromatic carbocycles. The number of benzene rings is 1. The van der Waals surface area contributed by atoms with Gasteiger partial charge in [-0.15, -0.1) is 5.10 Å². The summed E-state index contributed by atoms with van der Waals surface area (Å²) in [7, 11) is 1.59. The number of nitriles is 1. The Morgan fingerprint density at radius 1 is 1.27 bits per heavy atom. The molecule has 2 aromatic heterocycles. The minimum absolute atomic E-state index is 0.000736. The third-order valence-electron chi connectivity index (χ3n) is 5.27. The molecule has 0 bridgehead atoms. The van der Waals surface area contributed by atoms with E-state index in [1.807, 2.05) is 37.3 Å². The fourth-order valence-electron chi connectivity index (χ4n) is 3.44. The lowest BCUT2D eigenvalue weighted by molar-refractivity contribution is -0.123. The molecule has 1 amide bonds. The van der Waals surface area contributed by atoms with Gasteiger partial charge >= 0.3 is 0 Å². The first-order valence-corrected chi connectivity index (χ1v) is 9.95. The van der Waals surface area contributed by atoms with Crippen LogP contribution in [-0.2, 0) is 10.2 Å². The molecule has 3 aromatic rings. The number of nitrogens with one attached hydrogen (secondary N) is 1. The second-order valence-electron chi connectivity index (χ2n) is 7.27. The van der Waals surface area contributed by atoms with Gasteiger partial charge in [0.05, 0.1) is 12.8 Å². The highest BCUT2D eigenvalue weighted by atomic mass is 16.5. The monoisotopic (exact) mass is 405 g/mol. The van der Waals surface area contributed by atoms with Gasteiger partial charge in [-0.3, -0.25) is 4.79 Å². The number of ether oxygens (including phenoxy) is 2. The van der Waals surface area contributed by atoms with E-state index in [0.717, 1.165) is 30.5 Å². The molecule has 154 valence electrons. The maximum absolute atomic E-state index is 12.7. The Balaban J connectivity index is 1.74. The molecule has 1 aliphatic carbocycles. The van der Waals surface area contributed by atoms with Gasteiger partial charge in [0.1, 0.15) is 17.2 Å². The van der Waals surface area contributed by atoms with Crippen molar-refractivity contribution in [1.82, 2.24) is 19.9 Å². The van der Waals surface area contributed by atoms with Crippen LogP contribution in [0.15, 0.2) is 36.4 Å². The van der Waals surface area contributed by atoms with Crippen molar-refractivity contribution in [2.75, 3.05) is 20.3 Å². The zero-order chi connectivity index (χ0) is 21.1. The van der Waals surface area contributed by atoms with Gasteiger partial charge in [-0.05, 0) is 55.7 Å². The van der Waals surface area contributed by atoms with Crippen LogP contribution in [0.4, 0.5) is 0 Å². The maximum atomic E-state index is 12.7. The highest BCUT2D eigenvalue weighted by Crippen LogP contribution is 2.47. The molecule has 1 fully saturated rings. The first kappa shape index (κ1) is 19.7. The van der Waals surface area contributed by atoms with Crippen molar-refractivity contribution < 1.29 is 14.3 Å². The van der Waals surface area contributed by atoms with E-state index in [4.69, 9.17) is 24.8 Å². The van der Waals surface area contributed by atoms with Crippen LogP contribution in [0.2, 0.25) is 0 Å². The van der Waals surface area contributed by atoms with Crippen LogP contribution in [0, 0.1) is 11.3 Å². The molecular formula is C22H23N5O3. The molecule has 0 spiro atoms. The summed E-state index contributed by atoms with van der Waals surface area (Å²) in [5, 5.41) is 16.4. The number of nitrogens with zero attached hydrogens (tertiary/aromatic N) is 4. The minimum Gasteiger partial charge on any atom is -0.493 e. The van der Waals surface area contributed by atoms with E-state index in [-0.39, 0.29) is 12.5 Å². The highest BCUT2D eigenvalue weighted by molar-refractivity contribution is 5.90. The zero-order valence-electron chi connectivity index (χ0n) is 17.0. The summed E-state index contributed by atoms with van der Waals surface area (Å²) >= 11 is 0. The van der Waals surface area contributed by atoms with Crippen molar-refractivity contribution in [2.45, 2.75) is 31.6 Å². The van der Waals surface area contributed by atoms with Gasteiger partial charge in [0.25, 0.3) is 0 Å². The Hall–Kier alpha value is -3.60. The highest BCUT2D eigenvalue weighted by Gasteiger charge is 2.54. The summed E-state index contributed by atoms with van der Waals surface area (Å²) in [5.41, 5.74) is 1.65. The minimum atomic E-state index is -0.654. The molecule has 30 heavy (non-hydrogen) atoms. The number of carbonyl (C=O) groups excluding carboxylic acids is 1. The lowest BCUT2D eigenvalue weighted by Gasteiger charge is -2.11. The molecule has 8 heteroatoms. The Morgan fingerprint density at radius 3 is 2.67 bits per heavy atom. The van der Waals surface area contributed by atoms with Crippen LogP contribution in [0.3, 0.4) is 0 Å². The second-order valence-corrected chi connectivity index (χ2v) is 7.27. The van der Waals surface area contributed by atoms with Gasteiger partial charge < -0.3 is 14.8 Å². The van der Waals surface area contributed by atoms with Gasteiger partial charge in [0, 0.05) is 12.1 Å². The molecule has 1 N–H and O–H groups in total. The fraction of sp³-hybridized carbons (Fsp3) is 0.364. The van der Waals surface area contributed by atoms with Crippen LogP contribution in [0.5, 0.6) is 11.5 Å². The molecule has 1 saturated carbocycles. The topological polar surface area (TPSA) is 102 Å². The normalized spacial score (nSPS) is 14.2. The zero-order valence-corrected chi connectivity index (χ0v) is 17.0. The van der Waals surface area contributed by atoms with Crippen molar-refractivity contribution in [3.05, 3.63) is 42.2 Å². The van der Waals surface area contributed by atoms with Gasteiger partial charge in [-0.25, -0.2) is 9.50 Å². The van der Waals surface area contributed by atoms with Crippen molar-refractivity contribution in [1.29, 1.82) is 5.26 Å². The van der Waals surface area contributed by atoms with Crippen LogP contribution >= 0.6 is 0 Å². The van der Waals surface area contributed by atoms with Crippen LogP contribution < -0.4 is 14.8 Å². The molecule has 0 atom stereocenters. The molecule has 0 aliphatic heterocycles. The lowest BCUT2D eigenvalue weighted by Crippen LogP contribution is -2.35. The average Bonchev–Trinajstić information content (AvgIpc) is 3.47. The summed E-state index contributed by atoms with van der Waals surface area (Å²) in [6.45, 7) is 2.67. The number of amides is 1. The number of hydrogen-bond donors (Lipinski definition) is 1. The van der Waals surface area contributed by atoms with E-state index in [9.17, 15) is 4.79 Å². The predicted molar refractivity (Wildman–Crippen MR) is 110 cm³/mol. The maximum Gasteiger partial charge on any atom is 0.233 e. The molecule has 1 aliphatic rings. The van der Waals surface area contributed by atoms with E-state index in [1.165, 1.54) is 0 Å². The summed E-state index contributed by atoms with van der Waals surface area (Å²) in [4.78, 5) is 17.4. The number of pyridine rings is 1.